The van der Waals surface area contributed by atoms with Crippen molar-refractivity contribution in [3.05, 3.63) is 26.7 Å². The van der Waals surface area contributed by atoms with Crippen molar-refractivity contribution in [1.82, 2.24) is 0 Å². The molecule has 0 fully saturated rings. The van der Waals surface area contributed by atoms with Gasteiger partial charge in [-0.25, -0.2) is 0 Å². The number of rotatable bonds is 2. The van der Waals surface area contributed by atoms with Crippen molar-refractivity contribution in [2.75, 3.05) is 5.43 Å². The average Bonchev–Trinajstić information content (AvgIpc) is 2.37. The minimum absolute atomic E-state index is 0.241. The molecule has 4 nitrogen and oxygen atoms in total. The first-order valence-corrected chi connectivity index (χ1v) is 5.74. The molecule has 1 rings (SSSR count). The number of benzene rings is 1. The van der Waals surface area contributed by atoms with Gasteiger partial charge in [-0.2, -0.15) is 28.8 Å². The normalized spacial score (nSPS) is 10.4. The van der Waals surface area contributed by atoms with E-state index in [1.54, 1.807) is 0 Å². The van der Waals surface area contributed by atoms with Crippen LogP contribution in [0.25, 0.3) is 0 Å². The molecule has 0 saturated heterocycles. The van der Waals surface area contributed by atoms with Gasteiger partial charge in [0.1, 0.15) is 12.1 Å². The van der Waals surface area contributed by atoms with Crippen LogP contribution in [0.4, 0.5) is 18.9 Å². The lowest BCUT2D eigenvalue weighted by atomic mass is 10.2. The Hall–Kier alpha value is -1.67. The van der Waals surface area contributed by atoms with E-state index in [4.69, 9.17) is 45.3 Å². The van der Waals surface area contributed by atoms with Crippen LogP contribution in [-0.2, 0) is 6.18 Å². The van der Waals surface area contributed by atoms with Gasteiger partial charge < -0.3 is 0 Å². The maximum atomic E-state index is 12.6. The standard InChI is InChI=1S/C10H2Cl3F3N4/c11-6-1-5(10(14,15)16)7(12)8(13)9(6)20-19-4(2-17)3-18/h1,20H. The highest BCUT2D eigenvalue weighted by Crippen LogP contribution is 2.44. The zero-order chi connectivity index (χ0) is 15.5. The Morgan fingerprint density at radius 2 is 1.70 bits per heavy atom. The average molecular weight is 342 g/mol. The number of hydrogen-bond donors (Lipinski definition) is 1. The number of hydrogen-bond acceptors (Lipinski definition) is 4. The molecule has 104 valence electrons. The summed E-state index contributed by atoms with van der Waals surface area (Å²) in [5.41, 5.74) is 0.122. The summed E-state index contributed by atoms with van der Waals surface area (Å²) in [4.78, 5) is 0. The van der Waals surface area contributed by atoms with Gasteiger partial charge in [0.2, 0.25) is 5.71 Å². The number of anilines is 1. The number of nitrogens with zero attached hydrogens (tertiary/aromatic N) is 3. The van der Waals surface area contributed by atoms with Crippen LogP contribution in [0.1, 0.15) is 5.56 Å². The second-order valence-electron chi connectivity index (χ2n) is 3.20. The summed E-state index contributed by atoms with van der Waals surface area (Å²) in [5.74, 6) is 0. The van der Waals surface area contributed by atoms with Gasteiger partial charge in [0.05, 0.1) is 26.3 Å². The lowest BCUT2D eigenvalue weighted by Gasteiger charge is -2.14. The van der Waals surface area contributed by atoms with E-state index in [1.807, 2.05) is 0 Å². The van der Waals surface area contributed by atoms with Crippen molar-refractivity contribution in [1.29, 1.82) is 10.5 Å². The minimum atomic E-state index is -4.73. The second kappa shape index (κ2) is 6.19. The summed E-state index contributed by atoms with van der Waals surface area (Å²) in [6, 6.07) is 3.44. The van der Waals surface area contributed by atoms with Crippen molar-refractivity contribution in [2.45, 2.75) is 6.18 Å². The van der Waals surface area contributed by atoms with E-state index in [2.05, 4.69) is 10.5 Å². The Balaban J connectivity index is 3.34. The summed E-state index contributed by atoms with van der Waals surface area (Å²) in [6.45, 7) is 0. The largest absolute Gasteiger partial charge is 0.417 e. The van der Waals surface area contributed by atoms with Gasteiger partial charge in [-0.1, -0.05) is 34.8 Å². The quantitative estimate of drug-likeness (QED) is 0.490. The predicted octanol–water partition coefficient (Wildman–Crippen LogP) is 4.48. The molecule has 0 aliphatic rings. The van der Waals surface area contributed by atoms with Gasteiger partial charge in [-0.3, -0.25) is 5.43 Å². The van der Waals surface area contributed by atoms with Crippen LogP contribution in [0.15, 0.2) is 11.2 Å². The number of nitriles is 2. The molecular weight excluding hydrogens is 339 g/mol. The number of nitrogens with one attached hydrogen (secondary N) is 1. The molecule has 0 saturated carbocycles. The Morgan fingerprint density at radius 3 is 2.15 bits per heavy atom. The topological polar surface area (TPSA) is 72.0 Å². The molecule has 1 aromatic rings. The molecule has 0 bridgehead atoms. The van der Waals surface area contributed by atoms with Crippen LogP contribution in [0.2, 0.25) is 15.1 Å². The van der Waals surface area contributed by atoms with Crippen LogP contribution in [-0.4, -0.2) is 5.71 Å². The fourth-order valence-corrected chi connectivity index (χ4v) is 1.89. The van der Waals surface area contributed by atoms with E-state index in [-0.39, 0.29) is 5.69 Å². The van der Waals surface area contributed by atoms with E-state index < -0.39 is 32.5 Å². The summed E-state index contributed by atoms with van der Waals surface area (Å²) in [6.07, 6.45) is -4.73. The van der Waals surface area contributed by atoms with E-state index in [9.17, 15) is 13.2 Å². The maximum absolute atomic E-state index is 12.6. The molecule has 0 aliphatic heterocycles. The van der Waals surface area contributed by atoms with Crippen molar-refractivity contribution < 1.29 is 13.2 Å². The fourth-order valence-electron chi connectivity index (χ4n) is 1.09. The summed E-state index contributed by atoms with van der Waals surface area (Å²) in [7, 11) is 0. The highest BCUT2D eigenvalue weighted by molar-refractivity contribution is 6.46. The van der Waals surface area contributed by atoms with Crippen LogP contribution in [0.5, 0.6) is 0 Å². The fraction of sp³-hybridized carbons (Fsp3) is 0.100. The van der Waals surface area contributed by atoms with Crippen molar-refractivity contribution in [2.24, 2.45) is 5.10 Å². The maximum Gasteiger partial charge on any atom is 0.417 e. The number of alkyl halides is 3. The molecule has 1 N–H and O–H groups in total. The van der Waals surface area contributed by atoms with Gasteiger partial charge in [-0.15, -0.1) is 0 Å². The molecule has 20 heavy (non-hydrogen) atoms. The van der Waals surface area contributed by atoms with Crippen molar-refractivity contribution in [3.63, 3.8) is 0 Å². The molecule has 0 radical (unpaired) electrons. The number of halogens is 6. The Kier molecular flexibility index (Phi) is 5.07. The lowest BCUT2D eigenvalue weighted by molar-refractivity contribution is -0.137. The van der Waals surface area contributed by atoms with Gasteiger partial charge in [0.15, 0.2) is 0 Å². The van der Waals surface area contributed by atoms with Crippen LogP contribution in [0.3, 0.4) is 0 Å². The van der Waals surface area contributed by atoms with Crippen LogP contribution >= 0.6 is 34.8 Å². The van der Waals surface area contributed by atoms with Gasteiger partial charge in [-0.05, 0) is 6.07 Å². The predicted molar refractivity (Wildman–Crippen MR) is 68.8 cm³/mol. The van der Waals surface area contributed by atoms with E-state index in [0.29, 0.717) is 6.07 Å². The van der Waals surface area contributed by atoms with Gasteiger partial charge in [0, 0.05) is 0 Å². The first kappa shape index (κ1) is 16.4. The molecule has 0 unspecified atom stereocenters. The highest BCUT2D eigenvalue weighted by atomic mass is 35.5. The smallest absolute Gasteiger partial charge is 0.273 e. The molecule has 0 aliphatic carbocycles. The lowest BCUT2D eigenvalue weighted by Crippen LogP contribution is -2.07. The monoisotopic (exact) mass is 340 g/mol. The van der Waals surface area contributed by atoms with E-state index in [0.717, 1.165) is 0 Å². The molecule has 10 heteroatoms. The first-order valence-electron chi connectivity index (χ1n) is 4.61. The Labute approximate surface area is 125 Å². The van der Waals surface area contributed by atoms with E-state index in [1.165, 1.54) is 12.1 Å². The molecule has 0 atom stereocenters. The SMILES string of the molecule is N#CC(C#N)=NNc1c(Cl)cc(C(F)(F)F)c(Cl)c1Cl. The van der Waals surface area contributed by atoms with Gasteiger partial charge in [0.25, 0.3) is 0 Å². The molecule has 1 aromatic carbocycles. The highest BCUT2D eigenvalue weighted by Gasteiger charge is 2.35. The Bertz CT molecular complexity index is 640. The zero-order valence-electron chi connectivity index (χ0n) is 9.19. The molecule has 0 aromatic heterocycles. The Morgan fingerprint density at radius 1 is 1.15 bits per heavy atom. The van der Waals surface area contributed by atoms with Crippen molar-refractivity contribution >= 4 is 46.2 Å². The molecular formula is C10H2Cl3F3N4. The van der Waals surface area contributed by atoms with E-state index >= 15 is 0 Å². The molecule has 0 amide bonds. The first-order chi connectivity index (χ1) is 9.22. The summed E-state index contributed by atoms with van der Waals surface area (Å²) in [5, 5.41) is 18.5. The third-order valence-corrected chi connectivity index (χ3v) is 3.12. The number of hydrazone groups is 1. The third kappa shape index (κ3) is 3.45. The van der Waals surface area contributed by atoms with Crippen molar-refractivity contribution in [3.8, 4) is 12.1 Å². The van der Waals surface area contributed by atoms with Crippen LogP contribution in [0, 0.1) is 22.7 Å². The second-order valence-corrected chi connectivity index (χ2v) is 4.37. The zero-order valence-corrected chi connectivity index (χ0v) is 11.5. The molecule has 0 spiro atoms. The van der Waals surface area contributed by atoms with Crippen LogP contribution < -0.4 is 5.43 Å². The third-order valence-electron chi connectivity index (χ3n) is 1.96. The van der Waals surface area contributed by atoms with Gasteiger partial charge >= 0.3 is 6.18 Å². The molecule has 0 heterocycles. The summed E-state index contributed by atoms with van der Waals surface area (Å²) >= 11 is 16.8. The summed E-state index contributed by atoms with van der Waals surface area (Å²) < 4.78 is 37.9. The minimum Gasteiger partial charge on any atom is -0.273 e.